The van der Waals surface area contributed by atoms with Crippen molar-refractivity contribution in [3.05, 3.63) is 29.8 Å². The van der Waals surface area contributed by atoms with E-state index in [-0.39, 0.29) is 5.54 Å². The lowest BCUT2D eigenvalue weighted by molar-refractivity contribution is -0.0333. The molecule has 1 aliphatic carbocycles. The molecule has 5 heteroatoms. The number of aryl methyl sites for hydroxylation is 1. The summed E-state index contributed by atoms with van der Waals surface area (Å²) in [5.41, 5.74) is 8.68. The van der Waals surface area contributed by atoms with Crippen LogP contribution in [-0.4, -0.2) is 49.2 Å². The van der Waals surface area contributed by atoms with Gasteiger partial charge in [-0.3, -0.25) is 9.89 Å². The molecule has 1 heterocycles. The molecule has 0 aromatic heterocycles. The van der Waals surface area contributed by atoms with Gasteiger partial charge in [-0.1, -0.05) is 38.3 Å². The van der Waals surface area contributed by atoms with E-state index in [0.29, 0.717) is 5.96 Å². The second-order valence-corrected chi connectivity index (χ2v) is 7.26. The van der Waals surface area contributed by atoms with Crippen molar-refractivity contribution in [2.24, 2.45) is 10.7 Å². The minimum absolute atomic E-state index is 0.166. The van der Waals surface area contributed by atoms with Crippen LogP contribution in [0.25, 0.3) is 0 Å². The smallest absolute Gasteiger partial charge is 0.193 e. The predicted octanol–water partition coefficient (Wildman–Crippen LogP) is 3.01. The fourth-order valence-corrected chi connectivity index (χ4v) is 4.11. The number of nitrogens with one attached hydrogen (secondary N) is 1. The van der Waals surface area contributed by atoms with Gasteiger partial charge in [-0.2, -0.15) is 0 Å². The van der Waals surface area contributed by atoms with E-state index in [9.17, 15) is 0 Å². The Bertz CT molecular complexity index is 575. The maximum atomic E-state index is 6.20. The first kappa shape index (κ1) is 18.2. The summed E-state index contributed by atoms with van der Waals surface area (Å²) >= 11 is 0. The molecule has 2 aliphatic rings. The molecule has 0 spiro atoms. The molecule has 0 amide bonds. The van der Waals surface area contributed by atoms with Gasteiger partial charge in [0.2, 0.25) is 0 Å². The summed E-state index contributed by atoms with van der Waals surface area (Å²) in [5, 5.41) is 3.26. The number of ether oxygens (including phenoxy) is 1. The molecule has 0 atom stereocenters. The van der Waals surface area contributed by atoms with Gasteiger partial charge in [0.1, 0.15) is 0 Å². The quantitative estimate of drug-likeness (QED) is 0.637. The van der Waals surface area contributed by atoms with E-state index in [0.717, 1.165) is 45.0 Å². The second-order valence-electron chi connectivity index (χ2n) is 7.26. The van der Waals surface area contributed by atoms with Gasteiger partial charge >= 0.3 is 0 Å². The maximum absolute atomic E-state index is 6.20. The van der Waals surface area contributed by atoms with Crippen LogP contribution in [0.1, 0.15) is 44.6 Å². The molecule has 138 valence electrons. The van der Waals surface area contributed by atoms with Crippen LogP contribution in [0.15, 0.2) is 29.3 Å². The van der Waals surface area contributed by atoms with Crippen LogP contribution < -0.4 is 11.1 Å². The largest absolute Gasteiger partial charge is 0.379 e. The van der Waals surface area contributed by atoms with E-state index >= 15 is 0 Å². The van der Waals surface area contributed by atoms with Crippen molar-refractivity contribution in [1.29, 1.82) is 0 Å². The minimum atomic E-state index is 0.166. The monoisotopic (exact) mass is 344 g/mol. The number of aliphatic imine (C=N–C) groups is 1. The van der Waals surface area contributed by atoms with Gasteiger partial charge in [-0.15, -0.1) is 0 Å². The number of benzene rings is 1. The first-order chi connectivity index (χ1) is 12.2. The van der Waals surface area contributed by atoms with Crippen molar-refractivity contribution >= 4 is 11.6 Å². The number of hydrogen-bond acceptors (Lipinski definition) is 3. The highest BCUT2D eigenvalue weighted by molar-refractivity contribution is 5.92. The number of rotatable bonds is 5. The zero-order chi connectivity index (χ0) is 17.5. The summed E-state index contributed by atoms with van der Waals surface area (Å²) in [6.07, 6.45) is 7.38. The van der Waals surface area contributed by atoms with Gasteiger partial charge < -0.3 is 15.8 Å². The molecule has 0 radical (unpaired) electrons. The van der Waals surface area contributed by atoms with Crippen molar-refractivity contribution in [3.63, 3.8) is 0 Å². The first-order valence-corrected chi connectivity index (χ1v) is 9.70. The molecule has 1 aliphatic heterocycles. The van der Waals surface area contributed by atoms with Gasteiger partial charge in [-0.25, -0.2) is 0 Å². The molecule has 3 rings (SSSR count). The Hall–Kier alpha value is -1.59. The zero-order valence-electron chi connectivity index (χ0n) is 15.5. The third-order valence-corrected chi connectivity index (χ3v) is 5.62. The predicted molar refractivity (Wildman–Crippen MR) is 104 cm³/mol. The summed E-state index contributed by atoms with van der Waals surface area (Å²) in [7, 11) is 0. The lowest BCUT2D eigenvalue weighted by atomic mass is 9.80. The highest BCUT2D eigenvalue weighted by atomic mass is 16.5. The molecule has 1 aromatic rings. The Morgan fingerprint density at radius 3 is 2.72 bits per heavy atom. The van der Waals surface area contributed by atoms with Gasteiger partial charge in [0.15, 0.2) is 5.96 Å². The number of hydrogen-bond donors (Lipinski definition) is 2. The van der Waals surface area contributed by atoms with Crippen LogP contribution in [0.2, 0.25) is 0 Å². The summed E-state index contributed by atoms with van der Waals surface area (Å²) in [4.78, 5) is 7.35. The first-order valence-electron chi connectivity index (χ1n) is 9.70. The topological polar surface area (TPSA) is 62.9 Å². The standard InChI is InChI=1S/C20H32N4O/c1-2-17-7-6-8-18(15-17)23-19(21)22-16-20(9-4-3-5-10-20)24-11-13-25-14-12-24/h6-8,15H,2-5,9-14,16H2,1H3,(H3,21,22,23). The average Bonchev–Trinajstić information content (AvgIpc) is 2.68. The van der Waals surface area contributed by atoms with Gasteiger partial charge in [0.05, 0.1) is 19.8 Å². The number of nitrogens with two attached hydrogens (primary N) is 1. The van der Waals surface area contributed by atoms with Crippen LogP contribution in [-0.2, 0) is 11.2 Å². The molecule has 2 fully saturated rings. The van der Waals surface area contributed by atoms with Crippen molar-refractivity contribution in [3.8, 4) is 0 Å². The summed E-state index contributed by atoms with van der Waals surface area (Å²) < 4.78 is 5.55. The number of nitrogens with zero attached hydrogens (tertiary/aromatic N) is 2. The molecule has 25 heavy (non-hydrogen) atoms. The summed E-state index contributed by atoms with van der Waals surface area (Å²) in [6, 6.07) is 8.37. The van der Waals surface area contributed by atoms with Crippen LogP contribution in [0.4, 0.5) is 5.69 Å². The SMILES string of the molecule is CCc1cccc(NC(N)=NCC2(N3CCOCC3)CCCCC2)c1. The van der Waals surface area contributed by atoms with Gasteiger partial charge in [0.25, 0.3) is 0 Å². The molecular weight excluding hydrogens is 312 g/mol. The lowest BCUT2D eigenvalue weighted by Crippen LogP contribution is -2.56. The molecule has 0 bridgehead atoms. The molecule has 1 saturated carbocycles. The lowest BCUT2D eigenvalue weighted by Gasteiger charge is -2.47. The Labute approximate surface area is 151 Å². The molecule has 5 nitrogen and oxygen atoms in total. The third kappa shape index (κ3) is 4.73. The Morgan fingerprint density at radius 2 is 2.00 bits per heavy atom. The number of morpholine rings is 1. The molecule has 1 aromatic carbocycles. The van der Waals surface area contributed by atoms with Gasteiger partial charge in [0, 0.05) is 24.3 Å². The van der Waals surface area contributed by atoms with Crippen molar-refractivity contribution in [2.75, 3.05) is 38.2 Å². The fourth-order valence-electron chi connectivity index (χ4n) is 4.11. The molecule has 1 saturated heterocycles. The van der Waals surface area contributed by atoms with Crippen LogP contribution in [0.3, 0.4) is 0 Å². The number of anilines is 1. The highest BCUT2D eigenvalue weighted by Crippen LogP contribution is 2.34. The van der Waals surface area contributed by atoms with Crippen molar-refractivity contribution in [2.45, 2.75) is 51.0 Å². The maximum Gasteiger partial charge on any atom is 0.193 e. The van der Waals surface area contributed by atoms with E-state index in [1.165, 1.54) is 37.7 Å². The normalized spacial score (nSPS) is 21.9. The van der Waals surface area contributed by atoms with Crippen LogP contribution >= 0.6 is 0 Å². The molecule has 0 unspecified atom stereocenters. The van der Waals surface area contributed by atoms with Crippen molar-refractivity contribution < 1.29 is 4.74 Å². The molecule has 3 N–H and O–H groups in total. The van der Waals surface area contributed by atoms with E-state index < -0.39 is 0 Å². The highest BCUT2D eigenvalue weighted by Gasteiger charge is 2.38. The van der Waals surface area contributed by atoms with Crippen LogP contribution in [0.5, 0.6) is 0 Å². The Balaban J connectivity index is 1.67. The van der Waals surface area contributed by atoms with E-state index in [2.05, 4.69) is 35.3 Å². The average molecular weight is 345 g/mol. The summed E-state index contributed by atoms with van der Waals surface area (Å²) in [5.74, 6) is 0.520. The Kier molecular flexibility index (Phi) is 6.32. The summed E-state index contributed by atoms with van der Waals surface area (Å²) in [6.45, 7) is 6.64. The van der Waals surface area contributed by atoms with E-state index in [1.807, 2.05) is 6.07 Å². The van der Waals surface area contributed by atoms with Crippen molar-refractivity contribution in [1.82, 2.24) is 4.90 Å². The molecular formula is C20H32N4O. The van der Waals surface area contributed by atoms with Gasteiger partial charge in [-0.05, 0) is 37.0 Å². The fraction of sp³-hybridized carbons (Fsp3) is 0.650. The van der Waals surface area contributed by atoms with E-state index in [4.69, 9.17) is 15.5 Å². The second kappa shape index (κ2) is 8.68. The zero-order valence-corrected chi connectivity index (χ0v) is 15.5. The Morgan fingerprint density at radius 1 is 1.24 bits per heavy atom. The third-order valence-electron chi connectivity index (χ3n) is 5.62. The number of guanidine groups is 1. The van der Waals surface area contributed by atoms with E-state index in [1.54, 1.807) is 0 Å². The minimum Gasteiger partial charge on any atom is -0.379 e. The van der Waals surface area contributed by atoms with Crippen LogP contribution in [0, 0.1) is 0 Å².